The average Bonchev–Trinajstić information content (AvgIpc) is 3.64. The van der Waals surface area contributed by atoms with Crippen molar-refractivity contribution in [1.29, 1.82) is 0 Å². The monoisotopic (exact) mass is 543 g/mol. The smallest absolute Gasteiger partial charge is 0.253 e. The maximum atomic E-state index is 13.6. The number of pyridine rings is 1. The molecule has 2 aromatic carbocycles. The highest BCUT2D eigenvalue weighted by atomic mass is 16.5. The van der Waals surface area contributed by atoms with E-state index in [1.807, 2.05) is 35.9 Å². The largest absolute Gasteiger partial charge is 0.494 e. The Morgan fingerprint density at radius 3 is 2.75 bits per heavy atom. The summed E-state index contributed by atoms with van der Waals surface area (Å²) >= 11 is 0. The van der Waals surface area contributed by atoms with Gasteiger partial charge in [-0.15, -0.1) is 5.10 Å². The zero-order valence-electron chi connectivity index (χ0n) is 23.5. The van der Waals surface area contributed by atoms with Gasteiger partial charge in [0.1, 0.15) is 11.8 Å². The van der Waals surface area contributed by atoms with Crippen LogP contribution in [0.5, 0.6) is 5.75 Å². The molecule has 0 unspecified atom stereocenters. The number of H-pyrrole nitrogens is 1. The van der Waals surface area contributed by atoms with E-state index in [9.17, 15) is 4.79 Å². The summed E-state index contributed by atoms with van der Waals surface area (Å²) in [5.41, 5.74) is 5.14. The lowest BCUT2D eigenvalue weighted by Gasteiger charge is -2.40. The Labute approximate surface area is 233 Å². The molecule has 210 valence electrons. The lowest BCUT2D eigenvalue weighted by atomic mass is 10.0. The number of aromatic nitrogens is 5. The van der Waals surface area contributed by atoms with Crippen LogP contribution in [0.1, 0.15) is 48.3 Å². The van der Waals surface area contributed by atoms with Gasteiger partial charge in [0, 0.05) is 54.9 Å². The van der Waals surface area contributed by atoms with E-state index < -0.39 is 6.04 Å². The molecule has 0 radical (unpaired) electrons. The van der Waals surface area contributed by atoms with Gasteiger partial charge < -0.3 is 19.4 Å². The molecule has 2 aliphatic heterocycles. The third-order valence-corrected chi connectivity index (χ3v) is 8.25. The van der Waals surface area contributed by atoms with Crippen LogP contribution >= 0.6 is 0 Å². The van der Waals surface area contributed by atoms with Gasteiger partial charge >= 0.3 is 0 Å². The van der Waals surface area contributed by atoms with E-state index in [4.69, 9.17) is 9.47 Å². The predicted molar refractivity (Wildman–Crippen MR) is 154 cm³/mol. The number of aryl methyl sites for hydroxylation is 1. The van der Waals surface area contributed by atoms with Gasteiger partial charge in [-0.3, -0.25) is 9.69 Å². The zero-order valence-corrected chi connectivity index (χ0v) is 23.5. The van der Waals surface area contributed by atoms with Crippen molar-refractivity contribution in [2.24, 2.45) is 0 Å². The van der Waals surface area contributed by atoms with Crippen LogP contribution in [0.15, 0.2) is 47.3 Å². The molecule has 2 atom stereocenters. The Morgan fingerprint density at radius 2 is 1.98 bits per heavy atom. The van der Waals surface area contributed by atoms with Gasteiger partial charge in [-0.25, -0.2) is 4.68 Å². The second-order valence-corrected chi connectivity index (χ2v) is 10.7. The van der Waals surface area contributed by atoms with Crippen molar-refractivity contribution in [1.82, 2.24) is 30.1 Å². The van der Waals surface area contributed by atoms with Crippen molar-refractivity contribution in [3.8, 4) is 5.75 Å². The minimum absolute atomic E-state index is 0.0766. The minimum Gasteiger partial charge on any atom is -0.494 e. The summed E-state index contributed by atoms with van der Waals surface area (Å²) < 4.78 is 13.5. The highest BCUT2D eigenvalue weighted by molar-refractivity contribution is 5.80. The first-order valence-corrected chi connectivity index (χ1v) is 14.2. The van der Waals surface area contributed by atoms with E-state index >= 15 is 0 Å². The zero-order chi connectivity index (χ0) is 27.6. The molecular formula is C30H37N7O3. The highest BCUT2D eigenvalue weighted by Gasteiger charge is 2.34. The van der Waals surface area contributed by atoms with Gasteiger partial charge in [0.2, 0.25) is 0 Å². The molecule has 2 aromatic heterocycles. The van der Waals surface area contributed by atoms with E-state index in [2.05, 4.69) is 62.4 Å². The predicted octanol–water partition coefficient (Wildman–Crippen LogP) is 3.62. The van der Waals surface area contributed by atoms with Gasteiger partial charge in [-0.1, -0.05) is 12.1 Å². The Morgan fingerprint density at radius 1 is 1.12 bits per heavy atom. The molecule has 4 aromatic rings. The van der Waals surface area contributed by atoms with Gasteiger partial charge in [0.05, 0.1) is 19.3 Å². The quantitative estimate of drug-likeness (QED) is 0.360. The standard InChI is InChI=1S/C30H37N7O3/c1-4-39-23-10-11-26-22(17-23)18-25(30(38)31-26)28(29-32-33-34-37(29)19-24-8-6-16-40-24)36-14-12-35(13-15-36)27-9-5-7-20(2)21(27)3/h5,7,9-11,17-18,24,28H,4,6,8,12-16,19H2,1-3H3,(H,31,38)/t24-,28-/m1/s1. The molecule has 10 heteroatoms. The Bertz CT molecular complexity index is 1530. The van der Waals surface area contributed by atoms with E-state index in [1.54, 1.807) is 0 Å². The van der Waals surface area contributed by atoms with Crippen LogP contribution in [0.25, 0.3) is 10.9 Å². The summed E-state index contributed by atoms with van der Waals surface area (Å²) in [4.78, 5) is 21.5. The fourth-order valence-corrected chi connectivity index (χ4v) is 5.98. The second-order valence-electron chi connectivity index (χ2n) is 10.7. The van der Waals surface area contributed by atoms with Gasteiger partial charge in [0.15, 0.2) is 5.82 Å². The summed E-state index contributed by atoms with van der Waals surface area (Å²) in [6, 6.07) is 13.8. The summed E-state index contributed by atoms with van der Waals surface area (Å²) in [6.45, 7) is 11.4. The molecule has 4 heterocycles. The summed E-state index contributed by atoms with van der Waals surface area (Å²) in [5, 5.41) is 13.8. The summed E-state index contributed by atoms with van der Waals surface area (Å²) in [6.07, 6.45) is 2.10. The van der Waals surface area contributed by atoms with Crippen molar-refractivity contribution in [3.05, 3.63) is 75.3 Å². The Kier molecular flexibility index (Phi) is 7.53. The Balaban J connectivity index is 1.37. The van der Waals surface area contributed by atoms with Crippen LogP contribution in [0.2, 0.25) is 0 Å². The summed E-state index contributed by atoms with van der Waals surface area (Å²) in [5.74, 6) is 1.44. The van der Waals surface area contributed by atoms with Gasteiger partial charge in [-0.2, -0.15) is 0 Å². The van der Waals surface area contributed by atoms with Crippen molar-refractivity contribution in [2.45, 2.75) is 52.3 Å². The number of piperazine rings is 1. The molecule has 0 spiro atoms. The average molecular weight is 544 g/mol. The van der Waals surface area contributed by atoms with Crippen LogP contribution < -0.4 is 15.2 Å². The molecule has 0 amide bonds. The van der Waals surface area contributed by atoms with E-state index in [0.29, 0.717) is 24.5 Å². The summed E-state index contributed by atoms with van der Waals surface area (Å²) in [7, 11) is 0. The molecule has 1 N–H and O–H groups in total. The van der Waals surface area contributed by atoms with Crippen LogP contribution in [0.3, 0.4) is 0 Å². The molecule has 10 nitrogen and oxygen atoms in total. The first-order valence-electron chi connectivity index (χ1n) is 14.2. The van der Waals surface area contributed by atoms with Crippen LogP contribution in [0, 0.1) is 13.8 Å². The van der Waals surface area contributed by atoms with E-state index in [0.717, 1.165) is 62.3 Å². The maximum absolute atomic E-state index is 13.6. The van der Waals surface area contributed by atoms with Crippen LogP contribution in [-0.4, -0.2) is 75.6 Å². The molecule has 2 aliphatic rings. The van der Waals surface area contributed by atoms with Crippen LogP contribution in [-0.2, 0) is 11.3 Å². The lowest BCUT2D eigenvalue weighted by Crippen LogP contribution is -2.49. The van der Waals surface area contributed by atoms with Gasteiger partial charge in [-0.05, 0) is 85.5 Å². The first-order chi connectivity index (χ1) is 19.5. The van der Waals surface area contributed by atoms with Crippen LogP contribution in [0.4, 0.5) is 5.69 Å². The van der Waals surface area contributed by atoms with Crippen molar-refractivity contribution >= 4 is 16.6 Å². The number of ether oxygens (including phenoxy) is 2. The number of rotatable bonds is 8. The fraction of sp³-hybridized carbons (Fsp3) is 0.467. The number of tetrazole rings is 1. The number of anilines is 1. The number of nitrogens with one attached hydrogen (secondary N) is 1. The molecule has 6 rings (SSSR count). The second kappa shape index (κ2) is 11.4. The number of hydrogen-bond donors (Lipinski definition) is 1. The molecule has 0 saturated carbocycles. The molecule has 40 heavy (non-hydrogen) atoms. The fourth-order valence-electron chi connectivity index (χ4n) is 5.98. The number of benzene rings is 2. The highest BCUT2D eigenvalue weighted by Crippen LogP contribution is 2.31. The molecule has 2 saturated heterocycles. The molecule has 0 aliphatic carbocycles. The number of nitrogens with zero attached hydrogens (tertiary/aromatic N) is 6. The topological polar surface area (TPSA) is 101 Å². The number of aromatic amines is 1. The first kappa shape index (κ1) is 26.5. The maximum Gasteiger partial charge on any atom is 0.253 e. The minimum atomic E-state index is -0.402. The number of fused-ring (bicyclic) bond motifs is 1. The van der Waals surface area contributed by atoms with Crippen molar-refractivity contribution in [2.75, 3.05) is 44.3 Å². The van der Waals surface area contributed by atoms with Gasteiger partial charge in [0.25, 0.3) is 5.56 Å². The number of hydrogen-bond acceptors (Lipinski definition) is 8. The van der Waals surface area contributed by atoms with Crippen molar-refractivity contribution in [3.63, 3.8) is 0 Å². The lowest BCUT2D eigenvalue weighted by molar-refractivity contribution is 0.0906. The molecule has 0 bridgehead atoms. The normalized spacial score (nSPS) is 18.9. The Hall–Kier alpha value is -3.76. The SMILES string of the molecule is CCOc1ccc2[nH]c(=O)c([C@H](c3nnnn3C[C@H]3CCCO3)N3CCN(c4cccc(C)c4C)CC3)cc2c1. The third-order valence-electron chi connectivity index (χ3n) is 8.25. The molecular weight excluding hydrogens is 506 g/mol. The van der Waals surface area contributed by atoms with E-state index in [-0.39, 0.29) is 11.7 Å². The molecule has 2 fully saturated rings. The van der Waals surface area contributed by atoms with E-state index in [1.165, 1.54) is 16.8 Å². The third kappa shape index (κ3) is 5.21. The van der Waals surface area contributed by atoms with Crippen molar-refractivity contribution < 1.29 is 9.47 Å².